The number of nitrogens with zero attached hydrogens (tertiary/aromatic N) is 4. The Morgan fingerprint density at radius 2 is 1.89 bits per heavy atom. The van der Waals surface area contributed by atoms with E-state index in [1.54, 1.807) is 54.6 Å². The van der Waals surface area contributed by atoms with Crippen LogP contribution in [0, 0.1) is 28.4 Å². The molecule has 3 heterocycles. The van der Waals surface area contributed by atoms with Gasteiger partial charge in [-0.25, -0.2) is 23.5 Å². The van der Waals surface area contributed by atoms with Crippen molar-refractivity contribution >= 4 is 17.0 Å². The molecule has 0 bridgehead atoms. The molecule has 2 aromatic heterocycles. The summed E-state index contributed by atoms with van der Waals surface area (Å²) in [5.74, 6) is -1.62. The minimum absolute atomic E-state index is 0.0139. The number of carboxylic acid groups (broad SMARTS) is 1. The Labute approximate surface area is 252 Å². The lowest BCUT2D eigenvalue weighted by atomic mass is 9.87. The van der Waals surface area contributed by atoms with Gasteiger partial charge in [0.1, 0.15) is 24.1 Å². The standard InChI is InChI=1S/C34H28F2N4O4/c1-34(2)19-43-18-30(34)40-29-13-22(33(41)42)10-11-28(29)38-31(40)14-23-12-26(36)24(15-25(23)35)27-4-3-5-32(39-27)44-17-21-8-6-20(16-37)7-9-21/h3-13,15,30H,14,17-19H2,1-2H3,(H,41,42). The fraction of sp³-hybridized carbons (Fsp3) is 0.235. The summed E-state index contributed by atoms with van der Waals surface area (Å²) in [6, 6.07) is 20.6. The van der Waals surface area contributed by atoms with Gasteiger partial charge in [-0.05, 0) is 59.7 Å². The minimum Gasteiger partial charge on any atom is -0.478 e. The van der Waals surface area contributed by atoms with Crippen LogP contribution in [-0.2, 0) is 17.8 Å². The molecule has 1 unspecified atom stereocenters. The van der Waals surface area contributed by atoms with Gasteiger partial charge in [0.15, 0.2) is 0 Å². The Hall–Kier alpha value is -5.14. The van der Waals surface area contributed by atoms with Crippen LogP contribution >= 0.6 is 0 Å². The third kappa shape index (κ3) is 5.62. The number of pyridine rings is 1. The molecule has 0 aliphatic carbocycles. The van der Waals surface area contributed by atoms with Crippen molar-refractivity contribution in [2.45, 2.75) is 32.9 Å². The lowest BCUT2D eigenvalue weighted by Gasteiger charge is -2.28. The summed E-state index contributed by atoms with van der Waals surface area (Å²) < 4.78 is 44.6. The first-order chi connectivity index (χ1) is 21.1. The van der Waals surface area contributed by atoms with Gasteiger partial charge in [-0.3, -0.25) is 0 Å². The van der Waals surface area contributed by atoms with Crippen molar-refractivity contribution in [3.05, 3.63) is 113 Å². The molecule has 0 amide bonds. The summed E-state index contributed by atoms with van der Waals surface area (Å²) in [4.78, 5) is 20.8. The van der Waals surface area contributed by atoms with Crippen LogP contribution in [0.5, 0.6) is 5.88 Å². The van der Waals surface area contributed by atoms with Crippen LogP contribution in [0.2, 0.25) is 0 Å². The second kappa shape index (κ2) is 11.5. The van der Waals surface area contributed by atoms with Gasteiger partial charge in [-0.2, -0.15) is 5.26 Å². The molecule has 10 heteroatoms. The van der Waals surface area contributed by atoms with Crippen LogP contribution in [0.3, 0.4) is 0 Å². The van der Waals surface area contributed by atoms with Crippen LogP contribution in [0.1, 0.15) is 52.8 Å². The normalized spacial score (nSPS) is 15.8. The zero-order valence-corrected chi connectivity index (χ0v) is 24.1. The first-order valence-electron chi connectivity index (χ1n) is 14.0. The Kier molecular flexibility index (Phi) is 7.57. The van der Waals surface area contributed by atoms with E-state index in [4.69, 9.17) is 19.7 Å². The molecular formula is C34H28F2N4O4. The highest BCUT2D eigenvalue weighted by atomic mass is 19.1. The molecule has 0 radical (unpaired) electrons. The SMILES string of the molecule is CC1(C)COCC1n1c(Cc2cc(F)c(-c3cccc(OCc4ccc(C#N)cc4)n3)cc2F)nc2ccc(C(=O)O)cc21. The van der Waals surface area contributed by atoms with E-state index >= 15 is 8.78 Å². The number of ether oxygens (including phenoxy) is 2. The molecule has 3 aromatic carbocycles. The van der Waals surface area contributed by atoms with Gasteiger partial charge >= 0.3 is 5.97 Å². The zero-order valence-electron chi connectivity index (χ0n) is 24.1. The number of halogens is 2. The molecule has 0 saturated carbocycles. The van der Waals surface area contributed by atoms with Crippen LogP contribution < -0.4 is 4.74 Å². The number of hydrogen-bond donors (Lipinski definition) is 1. The van der Waals surface area contributed by atoms with E-state index < -0.39 is 17.6 Å². The number of carboxylic acids is 1. The maximum Gasteiger partial charge on any atom is 0.335 e. The van der Waals surface area contributed by atoms with E-state index in [2.05, 4.69) is 11.1 Å². The van der Waals surface area contributed by atoms with Gasteiger partial charge in [0.25, 0.3) is 0 Å². The van der Waals surface area contributed by atoms with Crippen molar-refractivity contribution in [3.63, 3.8) is 0 Å². The first kappa shape index (κ1) is 29.0. The molecule has 1 aliphatic rings. The molecular weight excluding hydrogens is 566 g/mol. The molecule has 1 N–H and O–H groups in total. The number of rotatable bonds is 8. The highest BCUT2D eigenvalue weighted by Crippen LogP contribution is 2.40. The number of benzene rings is 3. The van der Waals surface area contributed by atoms with Gasteiger partial charge in [0.05, 0.1) is 53.2 Å². The Morgan fingerprint density at radius 3 is 2.59 bits per heavy atom. The lowest BCUT2D eigenvalue weighted by Crippen LogP contribution is -2.27. The molecule has 44 heavy (non-hydrogen) atoms. The third-order valence-corrected chi connectivity index (χ3v) is 7.93. The highest BCUT2D eigenvalue weighted by Gasteiger charge is 2.39. The molecule has 1 fully saturated rings. The number of imidazole rings is 1. The first-order valence-corrected chi connectivity index (χ1v) is 14.0. The molecule has 1 aliphatic heterocycles. The van der Waals surface area contributed by atoms with E-state index in [0.717, 1.165) is 17.7 Å². The molecule has 8 nitrogen and oxygen atoms in total. The average Bonchev–Trinajstić information content (AvgIpc) is 3.55. The summed E-state index contributed by atoms with van der Waals surface area (Å²) in [6.45, 7) is 5.16. The number of carbonyl (C=O) groups is 1. The highest BCUT2D eigenvalue weighted by molar-refractivity contribution is 5.92. The van der Waals surface area contributed by atoms with E-state index in [-0.39, 0.29) is 52.7 Å². The molecule has 222 valence electrons. The maximum absolute atomic E-state index is 15.6. The van der Waals surface area contributed by atoms with E-state index in [1.807, 2.05) is 18.4 Å². The lowest BCUT2D eigenvalue weighted by molar-refractivity contribution is 0.0697. The quantitative estimate of drug-likeness (QED) is 0.213. The monoisotopic (exact) mass is 594 g/mol. The van der Waals surface area contributed by atoms with Crippen molar-refractivity contribution in [2.24, 2.45) is 5.41 Å². The van der Waals surface area contributed by atoms with Gasteiger partial charge in [0.2, 0.25) is 5.88 Å². The van der Waals surface area contributed by atoms with E-state index in [9.17, 15) is 9.90 Å². The van der Waals surface area contributed by atoms with Crippen LogP contribution in [0.25, 0.3) is 22.3 Å². The van der Waals surface area contributed by atoms with Crippen molar-refractivity contribution in [1.82, 2.24) is 14.5 Å². The van der Waals surface area contributed by atoms with Crippen LogP contribution in [0.4, 0.5) is 8.78 Å². The Morgan fingerprint density at radius 1 is 1.09 bits per heavy atom. The predicted octanol–water partition coefficient (Wildman–Crippen LogP) is 6.71. The van der Waals surface area contributed by atoms with Crippen molar-refractivity contribution in [2.75, 3.05) is 13.2 Å². The summed E-state index contributed by atoms with van der Waals surface area (Å²) in [6.07, 6.45) is -0.0200. The fourth-order valence-corrected chi connectivity index (χ4v) is 5.50. The summed E-state index contributed by atoms with van der Waals surface area (Å²) in [7, 11) is 0. The number of nitriles is 1. The smallest absolute Gasteiger partial charge is 0.335 e. The second-order valence-electron chi connectivity index (χ2n) is 11.5. The zero-order chi connectivity index (χ0) is 31.0. The minimum atomic E-state index is -1.07. The Bertz CT molecular complexity index is 1930. The van der Waals surface area contributed by atoms with Crippen LogP contribution in [0.15, 0.2) is 72.8 Å². The van der Waals surface area contributed by atoms with Gasteiger partial charge in [-0.15, -0.1) is 0 Å². The van der Waals surface area contributed by atoms with Gasteiger partial charge < -0.3 is 19.1 Å². The molecule has 0 spiro atoms. The number of aromatic carboxylic acids is 1. The number of fused-ring (bicyclic) bond motifs is 1. The average molecular weight is 595 g/mol. The molecule has 1 atom stereocenters. The third-order valence-electron chi connectivity index (χ3n) is 7.93. The van der Waals surface area contributed by atoms with E-state index in [1.165, 1.54) is 6.07 Å². The largest absolute Gasteiger partial charge is 0.478 e. The maximum atomic E-state index is 15.6. The predicted molar refractivity (Wildman–Crippen MR) is 158 cm³/mol. The summed E-state index contributed by atoms with van der Waals surface area (Å²) in [5.41, 5.74) is 2.64. The fourth-order valence-electron chi connectivity index (χ4n) is 5.50. The number of hydrogen-bond acceptors (Lipinski definition) is 6. The Balaban J connectivity index is 1.30. The molecule has 1 saturated heterocycles. The van der Waals surface area contributed by atoms with Crippen molar-refractivity contribution in [3.8, 4) is 23.2 Å². The van der Waals surface area contributed by atoms with Crippen molar-refractivity contribution < 1.29 is 28.2 Å². The van der Waals surface area contributed by atoms with Crippen molar-refractivity contribution in [1.29, 1.82) is 5.26 Å². The summed E-state index contributed by atoms with van der Waals surface area (Å²) in [5, 5.41) is 18.5. The topological polar surface area (TPSA) is 110 Å². The number of aromatic nitrogens is 3. The van der Waals surface area contributed by atoms with Gasteiger partial charge in [0, 0.05) is 23.5 Å². The van der Waals surface area contributed by atoms with Gasteiger partial charge in [-0.1, -0.05) is 32.0 Å². The second-order valence-corrected chi connectivity index (χ2v) is 11.5. The molecule has 5 aromatic rings. The van der Waals surface area contributed by atoms with E-state index in [0.29, 0.717) is 35.6 Å². The summed E-state index contributed by atoms with van der Waals surface area (Å²) >= 11 is 0. The van der Waals surface area contributed by atoms with Crippen LogP contribution in [-0.4, -0.2) is 38.8 Å². The molecule has 6 rings (SSSR count).